The number of anilines is 1. The van der Waals surface area contributed by atoms with Gasteiger partial charge >= 0.3 is 0 Å². The van der Waals surface area contributed by atoms with Crippen molar-refractivity contribution in [2.45, 2.75) is 46.1 Å². The lowest BCUT2D eigenvalue weighted by Gasteiger charge is -2.13. The van der Waals surface area contributed by atoms with Crippen LogP contribution in [0.3, 0.4) is 0 Å². The second-order valence-corrected chi connectivity index (χ2v) is 4.66. The van der Waals surface area contributed by atoms with E-state index in [0.717, 1.165) is 25.1 Å². The summed E-state index contributed by atoms with van der Waals surface area (Å²) in [6, 6.07) is 8.58. The van der Waals surface area contributed by atoms with Crippen LogP contribution in [0.15, 0.2) is 24.3 Å². The largest absolute Gasteiger partial charge is 0.326 e. The number of amides is 1. The van der Waals surface area contributed by atoms with Crippen molar-refractivity contribution in [3.63, 3.8) is 0 Å². The molecule has 1 aromatic rings. The van der Waals surface area contributed by atoms with Crippen LogP contribution in [0.25, 0.3) is 0 Å². The first-order valence-electron chi connectivity index (χ1n) is 6.77. The Balaban J connectivity index is 2.47. The number of nitrogens with one attached hydrogen (secondary N) is 2. The van der Waals surface area contributed by atoms with E-state index in [-0.39, 0.29) is 5.91 Å². The third-order valence-electron chi connectivity index (χ3n) is 2.84. The topological polar surface area (TPSA) is 41.1 Å². The van der Waals surface area contributed by atoms with Gasteiger partial charge in [-0.2, -0.15) is 0 Å². The van der Waals surface area contributed by atoms with E-state index in [9.17, 15) is 4.79 Å². The van der Waals surface area contributed by atoms with Gasteiger partial charge < -0.3 is 10.6 Å². The number of hydrogen-bond acceptors (Lipinski definition) is 2. The molecule has 0 saturated heterocycles. The molecule has 0 aromatic heterocycles. The minimum atomic E-state index is 0.0562. The highest BCUT2D eigenvalue weighted by Gasteiger charge is 2.03. The Kier molecular flexibility index (Phi) is 6.44. The van der Waals surface area contributed by atoms with E-state index in [0.29, 0.717) is 12.5 Å². The lowest BCUT2D eigenvalue weighted by molar-refractivity contribution is -0.115. The molecule has 100 valence electrons. The molecule has 1 aromatic carbocycles. The zero-order valence-electron chi connectivity index (χ0n) is 11.6. The molecule has 0 bridgehead atoms. The molecule has 1 atom stereocenters. The van der Waals surface area contributed by atoms with Gasteiger partial charge in [0.25, 0.3) is 0 Å². The fraction of sp³-hybridized carbons (Fsp3) is 0.533. The molecule has 1 amide bonds. The predicted octanol–water partition coefficient (Wildman–Crippen LogP) is 2.97. The van der Waals surface area contributed by atoms with Crippen molar-refractivity contribution in [1.82, 2.24) is 5.32 Å². The molecule has 1 rings (SSSR count). The lowest BCUT2D eigenvalue weighted by atomic mass is 10.1. The van der Waals surface area contributed by atoms with Gasteiger partial charge in [-0.3, -0.25) is 4.79 Å². The van der Waals surface area contributed by atoms with Crippen molar-refractivity contribution in [3.8, 4) is 0 Å². The van der Waals surface area contributed by atoms with Crippen LogP contribution in [-0.4, -0.2) is 18.5 Å². The molecule has 0 aliphatic carbocycles. The minimum Gasteiger partial charge on any atom is -0.326 e. The minimum absolute atomic E-state index is 0.0562. The second-order valence-electron chi connectivity index (χ2n) is 4.66. The maximum Gasteiger partial charge on any atom is 0.224 e. The molecule has 0 saturated carbocycles. The highest BCUT2D eigenvalue weighted by Crippen LogP contribution is 2.11. The summed E-state index contributed by atoms with van der Waals surface area (Å²) in [5.74, 6) is 0.0562. The van der Waals surface area contributed by atoms with E-state index in [1.54, 1.807) is 0 Å². The molecule has 3 nitrogen and oxygen atoms in total. The summed E-state index contributed by atoms with van der Waals surface area (Å²) in [5.41, 5.74) is 2.17. The van der Waals surface area contributed by atoms with Crippen LogP contribution in [0.1, 0.15) is 39.2 Å². The number of hydrogen-bond donors (Lipinski definition) is 2. The summed E-state index contributed by atoms with van der Waals surface area (Å²) >= 11 is 0. The normalized spacial score (nSPS) is 12.2. The average Bonchev–Trinajstić information content (AvgIpc) is 2.38. The summed E-state index contributed by atoms with van der Waals surface area (Å²) in [5, 5.41) is 6.32. The number of carbonyl (C=O) groups excluding carboxylic acids is 1. The summed E-state index contributed by atoms with van der Waals surface area (Å²) in [6.07, 6.45) is 2.69. The molecule has 0 fully saturated rings. The fourth-order valence-corrected chi connectivity index (χ4v) is 1.79. The monoisotopic (exact) mass is 248 g/mol. The molecule has 0 spiro atoms. The van der Waals surface area contributed by atoms with Crippen molar-refractivity contribution in [3.05, 3.63) is 29.8 Å². The summed E-state index contributed by atoms with van der Waals surface area (Å²) in [7, 11) is 0. The molecule has 0 aliphatic rings. The van der Waals surface area contributed by atoms with Crippen LogP contribution in [0.5, 0.6) is 0 Å². The first kappa shape index (κ1) is 14.7. The summed E-state index contributed by atoms with van der Waals surface area (Å²) < 4.78 is 0. The van der Waals surface area contributed by atoms with E-state index in [4.69, 9.17) is 0 Å². The van der Waals surface area contributed by atoms with Gasteiger partial charge in [0.1, 0.15) is 0 Å². The third kappa shape index (κ3) is 5.32. The molecule has 0 aliphatic heterocycles. The summed E-state index contributed by atoms with van der Waals surface area (Å²) in [4.78, 5) is 11.2. The maximum absolute atomic E-state index is 11.2. The Morgan fingerprint density at radius 3 is 2.44 bits per heavy atom. The fourth-order valence-electron chi connectivity index (χ4n) is 1.79. The van der Waals surface area contributed by atoms with E-state index in [1.807, 2.05) is 19.1 Å². The van der Waals surface area contributed by atoms with E-state index in [1.165, 1.54) is 5.56 Å². The van der Waals surface area contributed by atoms with Crippen LogP contribution >= 0.6 is 0 Å². The first-order chi connectivity index (χ1) is 8.65. The van der Waals surface area contributed by atoms with Crippen molar-refractivity contribution >= 4 is 11.6 Å². The Bertz CT molecular complexity index is 359. The van der Waals surface area contributed by atoms with Gasteiger partial charge in [0.15, 0.2) is 0 Å². The van der Waals surface area contributed by atoms with Gasteiger partial charge in [0.05, 0.1) is 0 Å². The van der Waals surface area contributed by atoms with Crippen LogP contribution in [0.4, 0.5) is 5.69 Å². The molecule has 0 radical (unpaired) electrons. The Labute approximate surface area is 110 Å². The van der Waals surface area contributed by atoms with E-state index >= 15 is 0 Å². The van der Waals surface area contributed by atoms with Gasteiger partial charge in [0, 0.05) is 18.2 Å². The SMILES string of the molecule is CCCNC(C)Cc1ccc(NC(=O)CC)cc1. The van der Waals surface area contributed by atoms with Gasteiger partial charge in [-0.25, -0.2) is 0 Å². The molecule has 18 heavy (non-hydrogen) atoms. The van der Waals surface area contributed by atoms with Crippen molar-refractivity contribution in [2.24, 2.45) is 0 Å². The van der Waals surface area contributed by atoms with Gasteiger partial charge in [0.2, 0.25) is 5.91 Å². The standard InChI is InChI=1S/C15H24N2O/c1-4-10-16-12(3)11-13-6-8-14(9-7-13)17-15(18)5-2/h6-9,12,16H,4-5,10-11H2,1-3H3,(H,17,18). The molecular weight excluding hydrogens is 224 g/mol. The summed E-state index contributed by atoms with van der Waals surface area (Å²) in [6.45, 7) is 7.28. The molecular formula is C15H24N2O. The Hall–Kier alpha value is -1.35. The second kappa shape index (κ2) is 7.88. The van der Waals surface area contributed by atoms with Gasteiger partial charge in [-0.15, -0.1) is 0 Å². The van der Waals surface area contributed by atoms with Gasteiger partial charge in [-0.05, 0) is 44.0 Å². The van der Waals surface area contributed by atoms with Crippen LogP contribution in [0.2, 0.25) is 0 Å². The number of carbonyl (C=O) groups is 1. The van der Waals surface area contributed by atoms with Crippen LogP contribution < -0.4 is 10.6 Å². The Morgan fingerprint density at radius 1 is 1.22 bits per heavy atom. The highest BCUT2D eigenvalue weighted by molar-refractivity contribution is 5.90. The zero-order chi connectivity index (χ0) is 13.4. The van der Waals surface area contributed by atoms with Crippen LogP contribution in [-0.2, 0) is 11.2 Å². The molecule has 2 N–H and O–H groups in total. The quantitative estimate of drug-likeness (QED) is 0.779. The smallest absolute Gasteiger partial charge is 0.224 e. The number of benzene rings is 1. The average molecular weight is 248 g/mol. The highest BCUT2D eigenvalue weighted by atomic mass is 16.1. The predicted molar refractivity (Wildman–Crippen MR) is 76.8 cm³/mol. The van der Waals surface area contributed by atoms with Gasteiger partial charge in [-0.1, -0.05) is 26.0 Å². The van der Waals surface area contributed by atoms with Crippen molar-refractivity contribution in [1.29, 1.82) is 0 Å². The maximum atomic E-state index is 11.2. The van der Waals surface area contributed by atoms with Crippen LogP contribution in [0, 0.1) is 0 Å². The van der Waals surface area contributed by atoms with Crippen molar-refractivity contribution < 1.29 is 4.79 Å². The zero-order valence-corrected chi connectivity index (χ0v) is 11.6. The molecule has 1 unspecified atom stereocenters. The van der Waals surface area contributed by atoms with E-state index in [2.05, 4.69) is 36.6 Å². The van der Waals surface area contributed by atoms with Crippen molar-refractivity contribution in [2.75, 3.05) is 11.9 Å². The molecule has 3 heteroatoms. The number of rotatable bonds is 7. The first-order valence-corrected chi connectivity index (χ1v) is 6.77. The van der Waals surface area contributed by atoms with E-state index < -0.39 is 0 Å². The Morgan fingerprint density at radius 2 is 1.89 bits per heavy atom. The molecule has 0 heterocycles. The third-order valence-corrected chi connectivity index (χ3v) is 2.84. The lowest BCUT2D eigenvalue weighted by Crippen LogP contribution is -2.28.